The van der Waals surface area contributed by atoms with Crippen LogP contribution in [0.25, 0.3) is 0 Å². The first-order valence-electron chi connectivity index (χ1n) is 6.04. The van der Waals surface area contributed by atoms with Gasteiger partial charge in [-0.05, 0) is 31.9 Å². The van der Waals surface area contributed by atoms with E-state index in [-0.39, 0.29) is 0 Å². The number of rotatable bonds is 6. The molecule has 1 rings (SSSR count). The van der Waals surface area contributed by atoms with Gasteiger partial charge in [-0.1, -0.05) is 0 Å². The molecule has 1 heterocycles. The Bertz CT molecular complexity index is 380. The lowest BCUT2D eigenvalue weighted by atomic mass is 10.2. The van der Waals surface area contributed by atoms with Crippen molar-refractivity contribution in [1.29, 1.82) is 0 Å². The Morgan fingerprint density at radius 2 is 2.39 bits per heavy atom. The molecule has 0 aliphatic carbocycles. The fourth-order valence-electron chi connectivity index (χ4n) is 1.35. The van der Waals surface area contributed by atoms with Gasteiger partial charge in [-0.2, -0.15) is 0 Å². The molecule has 0 radical (unpaired) electrons. The summed E-state index contributed by atoms with van der Waals surface area (Å²) >= 11 is 0. The SMILES string of the molecule is CCOCCCN=C(NN)Nc1cnccc1C. The molecule has 0 aliphatic heterocycles. The zero-order valence-electron chi connectivity index (χ0n) is 10.9. The fraction of sp³-hybridized carbons (Fsp3) is 0.500. The zero-order valence-corrected chi connectivity index (χ0v) is 10.9. The van der Waals surface area contributed by atoms with Crippen LogP contribution in [0.3, 0.4) is 0 Å². The molecular weight excluding hydrogens is 230 g/mol. The second-order valence-corrected chi connectivity index (χ2v) is 3.74. The Hall–Kier alpha value is -1.66. The molecule has 0 aromatic carbocycles. The summed E-state index contributed by atoms with van der Waals surface area (Å²) in [6.45, 7) is 6.07. The Morgan fingerprint density at radius 3 is 3.06 bits per heavy atom. The number of hydrogen-bond acceptors (Lipinski definition) is 4. The minimum absolute atomic E-state index is 0.530. The summed E-state index contributed by atoms with van der Waals surface area (Å²) in [6, 6.07) is 1.92. The summed E-state index contributed by atoms with van der Waals surface area (Å²) in [7, 11) is 0. The van der Waals surface area contributed by atoms with Gasteiger partial charge in [0.25, 0.3) is 0 Å². The highest BCUT2D eigenvalue weighted by atomic mass is 16.5. The molecule has 4 N–H and O–H groups in total. The number of ether oxygens (including phenoxy) is 1. The molecule has 100 valence electrons. The highest BCUT2D eigenvalue weighted by Gasteiger charge is 2.00. The molecule has 0 saturated carbocycles. The first-order valence-corrected chi connectivity index (χ1v) is 6.04. The molecule has 6 nitrogen and oxygen atoms in total. The summed E-state index contributed by atoms with van der Waals surface area (Å²) < 4.78 is 5.24. The van der Waals surface area contributed by atoms with Crippen molar-refractivity contribution in [2.24, 2.45) is 10.8 Å². The summed E-state index contributed by atoms with van der Waals surface area (Å²) in [4.78, 5) is 8.36. The van der Waals surface area contributed by atoms with Crippen molar-refractivity contribution in [2.45, 2.75) is 20.3 Å². The Kier molecular flexibility index (Phi) is 6.75. The third kappa shape index (κ3) is 5.11. The van der Waals surface area contributed by atoms with Gasteiger partial charge in [0.05, 0.1) is 11.9 Å². The minimum atomic E-state index is 0.530. The van der Waals surface area contributed by atoms with E-state index in [2.05, 4.69) is 20.7 Å². The molecule has 0 aliphatic rings. The monoisotopic (exact) mass is 251 g/mol. The van der Waals surface area contributed by atoms with Gasteiger partial charge in [-0.3, -0.25) is 15.4 Å². The van der Waals surface area contributed by atoms with E-state index in [0.29, 0.717) is 19.1 Å². The van der Waals surface area contributed by atoms with Crippen LogP contribution >= 0.6 is 0 Å². The first-order chi connectivity index (χ1) is 8.77. The number of nitrogens with zero attached hydrogens (tertiary/aromatic N) is 2. The van der Waals surface area contributed by atoms with Gasteiger partial charge in [0.15, 0.2) is 0 Å². The lowest BCUT2D eigenvalue weighted by Crippen LogP contribution is -2.36. The van der Waals surface area contributed by atoms with Crippen LogP contribution in [-0.2, 0) is 4.74 Å². The number of aryl methyl sites for hydroxylation is 1. The lowest BCUT2D eigenvalue weighted by molar-refractivity contribution is 0.146. The standard InChI is InChI=1S/C12H21N5O/c1-3-18-8-4-6-15-12(17-13)16-11-9-14-7-5-10(11)2/h5,7,9H,3-4,6,8,13H2,1-2H3,(H2,15,16,17). The molecule has 0 unspecified atom stereocenters. The number of pyridine rings is 1. The molecule has 0 atom stereocenters. The van der Waals surface area contributed by atoms with Crippen LogP contribution in [0, 0.1) is 6.92 Å². The molecule has 0 bridgehead atoms. The highest BCUT2D eigenvalue weighted by Crippen LogP contribution is 2.10. The average molecular weight is 251 g/mol. The minimum Gasteiger partial charge on any atom is -0.382 e. The predicted molar refractivity (Wildman–Crippen MR) is 73.3 cm³/mol. The number of nitrogens with one attached hydrogen (secondary N) is 2. The van der Waals surface area contributed by atoms with Crippen LogP contribution in [0.4, 0.5) is 5.69 Å². The summed E-state index contributed by atoms with van der Waals surface area (Å²) in [5, 5.41) is 3.10. The number of hydrogen-bond donors (Lipinski definition) is 3. The van der Waals surface area contributed by atoms with E-state index in [1.165, 1.54) is 0 Å². The van der Waals surface area contributed by atoms with Crippen molar-refractivity contribution >= 4 is 11.6 Å². The Morgan fingerprint density at radius 1 is 1.56 bits per heavy atom. The van der Waals surface area contributed by atoms with Crippen molar-refractivity contribution in [3.05, 3.63) is 24.0 Å². The van der Waals surface area contributed by atoms with Gasteiger partial charge in [-0.25, -0.2) is 5.84 Å². The van der Waals surface area contributed by atoms with Crippen molar-refractivity contribution in [3.8, 4) is 0 Å². The van der Waals surface area contributed by atoms with Gasteiger partial charge in [0, 0.05) is 26.0 Å². The zero-order chi connectivity index (χ0) is 13.2. The lowest BCUT2D eigenvalue weighted by Gasteiger charge is -2.10. The van der Waals surface area contributed by atoms with E-state index >= 15 is 0 Å². The maximum Gasteiger partial charge on any atom is 0.210 e. The Balaban J connectivity index is 2.46. The van der Waals surface area contributed by atoms with E-state index in [1.54, 1.807) is 12.4 Å². The average Bonchev–Trinajstić information content (AvgIpc) is 2.39. The molecule has 1 aromatic rings. The van der Waals surface area contributed by atoms with Crippen molar-refractivity contribution in [3.63, 3.8) is 0 Å². The number of nitrogens with two attached hydrogens (primary N) is 1. The normalized spacial score (nSPS) is 11.4. The van der Waals surface area contributed by atoms with Crippen molar-refractivity contribution in [1.82, 2.24) is 10.4 Å². The number of aromatic nitrogens is 1. The molecule has 6 heteroatoms. The third-order valence-corrected chi connectivity index (χ3v) is 2.35. The van der Waals surface area contributed by atoms with Gasteiger partial charge in [0.1, 0.15) is 0 Å². The van der Waals surface area contributed by atoms with Crippen LogP contribution in [0.1, 0.15) is 18.9 Å². The fourth-order valence-corrected chi connectivity index (χ4v) is 1.35. The molecule has 0 amide bonds. The Labute approximate surface area is 108 Å². The molecule has 0 saturated heterocycles. The topological polar surface area (TPSA) is 84.6 Å². The number of guanidine groups is 1. The third-order valence-electron chi connectivity index (χ3n) is 2.35. The maximum absolute atomic E-state index is 5.42. The second kappa shape index (κ2) is 8.43. The van der Waals surface area contributed by atoms with Crippen molar-refractivity contribution in [2.75, 3.05) is 25.1 Å². The van der Waals surface area contributed by atoms with Gasteiger partial charge in [-0.15, -0.1) is 0 Å². The van der Waals surface area contributed by atoms with E-state index in [1.807, 2.05) is 19.9 Å². The molecule has 18 heavy (non-hydrogen) atoms. The summed E-state index contributed by atoms with van der Waals surface area (Å²) in [6.07, 6.45) is 4.35. The van der Waals surface area contributed by atoms with Crippen LogP contribution < -0.4 is 16.6 Å². The van der Waals surface area contributed by atoms with Crippen LogP contribution in [0.2, 0.25) is 0 Å². The quantitative estimate of drug-likeness (QED) is 0.231. The highest BCUT2D eigenvalue weighted by molar-refractivity contribution is 5.93. The number of aliphatic imine (C=N–C) groups is 1. The number of anilines is 1. The van der Waals surface area contributed by atoms with Gasteiger partial charge in [0.2, 0.25) is 5.96 Å². The van der Waals surface area contributed by atoms with Crippen LogP contribution in [-0.4, -0.2) is 30.7 Å². The van der Waals surface area contributed by atoms with Crippen LogP contribution in [0.5, 0.6) is 0 Å². The van der Waals surface area contributed by atoms with Gasteiger partial charge < -0.3 is 10.1 Å². The van der Waals surface area contributed by atoms with E-state index in [9.17, 15) is 0 Å². The summed E-state index contributed by atoms with van der Waals surface area (Å²) in [5.41, 5.74) is 4.51. The molecule has 1 aromatic heterocycles. The van der Waals surface area contributed by atoms with Crippen LogP contribution in [0.15, 0.2) is 23.5 Å². The van der Waals surface area contributed by atoms with Crippen molar-refractivity contribution < 1.29 is 4.74 Å². The van der Waals surface area contributed by atoms with E-state index in [0.717, 1.165) is 24.3 Å². The largest absolute Gasteiger partial charge is 0.382 e. The smallest absolute Gasteiger partial charge is 0.210 e. The molecule has 0 fully saturated rings. The summed E-state index contributed by atoms with van der Waals surface area (Å²) in [5.74, 6) is 5.95. The molecular formula is C12H21N5O. The predicted octanol–water partition coefficient (Wildman–Crippen LogP) is 1.05. The molecule has 0 spiro atoms. The second-order valence-electron chi connectivity index (χ2n) is 3.74. The first kappa shape index (κ1) is 14.4. The number of hydrazine groups is 1. The van der Waals surface area contributed by atoms with Gasteiger partial charge >= 0.3 is 0 Å². The van der Waals surface area contributed by atoms with E-state index in [4.69, 9.17) is 10.6 Å². The maximum atomic E-state index is 5.42. The van der Waals surface area contributed by atoms with E-state index < -0.39 is 0 Å².